The molecule has 0 radical (unpaired) electrons. The number of nitrogens with one attached hydrogen (secondary N) is 1. The molecule has 26 heavy (non-hydrogen) atoms. The van der Waals surface area contributed by atoms with Crippen LogP contribution in [-0.2, 0) is 0 Å². The van der Waals surface area contributed by atoms with Crippen LogP contribution in [0, 0.1) is 10.1 Å². The summed E-state index contributed by atoms with van der Waals surface area (Å²) in [6.45, 7) is 0. The standard InChI is InChI=1S/C17H15N3O4S2/c1-23-15-7-6-11(8-16(15)24-2)14-10-25-17(18-14)19-26-13-5-3-4-12(9-13)20(21)22/h3-10H,1-2H3,(H,18,19). The minimum atomic E-state index is -0.414. The second kappa shape index (κ2) is 8.07. The van der Waals surface area contributed by atoms with Gasteiger partial charge in [-0.2, -0.15) is 0 Å². The monoisotopic (exact) mass is 389 g/mol. The number of hydrogen-bond acceptors (Lipinski definition) is 8. The number of benzene rings is 2. The fourth-order valence-corrected chi connectivity index (χ4v) is 3.67. The van der Waals surface area contributed by atoms with Gasteiger partial charge >= 0.3 is 0 Å². The van der Waals surface area contributed by atoms with E-state index >= 15 is 0 Å². The SMILES string of the molecule is COc1ccc(-c2csc(NSc3cccc([N+](=O)[O-])c3)n2)cc1OC. The van der Waals surface area contributed by atoms with Gasteiger partial charge < -0.3 is 14.2 Å². The quantitative estimate of drug-likeness (QED) is 0.351. The zero-order valence-corrected chi connectivity index (χ0v) is 15.6. The molecule has 134 valence electrons. The molecule has 0 spiro atoms. The zero-order valence-electron chi connectivity index (χ0n) is 14.0. The fourth-order valence-electron chi connectivity index (χ4n) is 2.21. The van der Waals surface area contributed by atoms with Gasteiger partial charge in [0.05, 0.1) is 24.8 Å². The van der Waals surface area contributed by atoms with Gasteiger partial charge in [-0.15, -0.1) is 11.3 Å². The Morgan fingerprint density at radius 3 is 2.69 bits per heavy atom. The summed E-state index contributed by atoms with van der Waals surface area (Å²) in [7, 11) is 3.18. The molecule has 0 atom stereocenters. The number of hydrogen-bond donors (Lipinski definition) is 1. The lowest BCUT2D eigenvalue weighted by Gasteiger charge is -2.08. The highest BCUT2D eigenvalue weighted by Gasteiger charge is 2.10. The Balaban J connectivity index is 1.72. The van der Waals surface area contributed by atoms with Crippen molar-refractivity contribution in [3.05, 3.63) is 58.0 Å². The molecule has 0 aliphatic rings. The van der Waals surface area contributed by atoms with Gasteiger partial charge in [0.1, 0.15) is 0 Å². The number of non-ortho nitro benzene ring substituents is 1. The van der Waals surface area contributed by atoms with Crippen molar-refractivity contribution >= 4 is 34.1 Å². The average molecular weight is 389 g/mol. The summed E-state index contributed by atoms with van der Waals surface area (Å²) in [5, 5.41) is 13.5. The Morgan fingerprint density at radius 2 is 1.96 bits per heavy atom. The van der Waals surface area contributed by atoms with Crippen molar-refractivity contribution in [3.8, 4) is 22.8 Å². The molecule has 0 unspecified atom stereocenters. The van der Waals surface area contributed by atoms with Crippen LogP contribution in [0.5, 0.6) is 11.5 Å². The van der Waals surface area contributed by atoms with Crippen LogP contribution in [-0.4, -0.2) is 24.1 Å². The van der Waals surface area contributed by atoms with Crippen LogP contribution < -0.4 is 14.2 Å². The Bertz CT molecular complexity index is 930. The van der Waals surface area contributed by atoms with Crippen molar-refractivity contribution in [1.82, 2.24) is 4.98 Å². The van der Waals surface area contributed by atoms with E-state index in [1.54, 1.807) is 26.4 Å². The van der Waals surface area contributed by atoms with Gasteiger partial charge in [0.25, 0.3) is 5.69 Å². The number of nitrogens with zero attached hydrogens (tertiary/aromatic N) is 2. The van der Waals surface area contributed by atoms with E-state index in [4.69, 9.17) is 9.47 Å². The predicted octanol–water partition coefficient (Wildman–Crippen LogP) is 4.85. The topological polar surface area (TPSA) is 86.5 Å². The number of nitro benzene ring substituents is 1. The van der Waals surface area contributed by atoms with Gasteiger partial charge in [0.2, 0.25) is 0 Å². The van der Waals surface area contributed by atoms with E-state index in [0.717, 1.165) is 16.2 Å². The van der Waals surface area contributed by atoms with E-state index in [2.05, 4.69) is 9.71 Å². The molecule has 0 amide bonds. The second-order valence-corrected chi connectivity index (χ2v) is 6.80. The molecule has 2 aromatic carbocycles. The first-order valence-electron chi connectivity index (χ1n) is 7.46. The van der Waals surface area contributed by atoms with Crippen molar-refractivity contribution in [1.29, 1.82) is 0 Å². The van der Waals surface area contributed by atoms with Crippen LogP contribution in [0.2, 0.25) is 0 Å². The van der Waals surface area contributed by atoms with E-state index in [1.165, 1.54) is 35.4 Å². The van der Waals surface area contributed by atoms with Gasteiger partial charge in [0.15, 0.2) is 16.6 Å². The second-order valence-electron chi connectivity index (χ2n) is 5.07. The Kier molecular flexibility index (Phi) is 5.59. The molecule has 0 saturated heterocycles. The molecule has 3 rings (SSSR count). The van der Waals surface area contributed by atoms with Crippen molar-refractivity contribution in [2.24, 2.45) is 0 Å². The molecule has 0 aliphatic heterocycles. The number of methoxy groups -OCH3 is 2. The largest absolute Gasteiger partial charge is 0.493 e. The van der Waals surface area contributed by atoms with Gasteiger partial charge in [0, 0.05) is 28.0 Å². The van der Waals surface area contributed by atoms with E-state index in [0.29, 0.717) is 16.6 Å². The maximum Gasteiger partial charge on any atom is 0.270 e. The minimum Gasteiger partial charge on any atom is -0.493 e. The van der Waals surface area contributed by atoms with Crippen molar-refractivity contribution < 1.29 is 14.4 Å². The summed E-state index contributed by atoms with van der Waals surface area (Å²) in [6, 6.07) is 12.0. The molecule has 1 aromatic heterocycles. The number of aromatic nitrogens is 1. The van der Waals surface area contributed by atoms with E-state index in [1.807, 2.05) is 23.6 Å². The summed E-state index contributed by atoms with van der Waals surface area (Å²) in [4.78, 5) is 15.7. The number of thiazole rings is 1. The molecule has 9 heteroatoms. The first-order chi connectivity index (χ1) is 12.6. The van der Waals surface area contributed by atoms with E-state index in [9.17, 15) is 10.1 Å². The summed E-state index contributed by atoms with van der Waals surface area (Å²) >= 11 is 2.72. The van der Waals surface area contributed by atoms with Crippen LogP contribution in [0.1, 0.15) is 0 Å². The van der Waals surface area contributed by atoms with E-state index in [-0.39, 0.29) is 5.69 Å². The summed E-state index contributed by atoms with van der Waals surface area (Å²) < 4.78 is 13.7. The Hall–Kier alpha value is -2.78. The first kappa shape index (κ1) is 18.0. The Morgan fingerprint density at radius 1 is 1.15 bits per heavy atom. The van der Waals surface area contributed by atoms with Crippen LogP contribution >= 0.6 is 23.3 Å². The third-order valence-electron chi connectivity index (χ3n) is 3.47. The van der Waals surface area contributed by atoms with Gasteiger partial charge in [-0.1, -0.05) is 6.07 Å². The van der Waals surface area contributed by atoms with Crippen molar-refractivity contribution in [2.45, 2.75) is 4.90 Å². The van der Waals surface area contributed by atoms with Crippen LogP contribution in [0.4, 0.5) is 10.8 Å². The lowest BCUT2D eigenvalue weighted by atomic mass is 10.1. The molecule has 0 saturated carbocycles. The van der Waals surface area contributed by atoms with Gasteiger partial charge in [-0.25, -0.2) is 4.98 Å². The summed E-state index contributed by atoms with van der Waals surface area (Å²) in [6.07, 6.45) is 0. The first-order valence-corrected chi connectivity index (χ1v) is 9.15. The molecule has 1 N–H and O–H groups in total. The normalized spacial score (nSPS) is 10.4. The highest BCUT2D eigenvalue weighted by Crippen LogP contribution is 2.34. The van der Waals surface area contributed by atoms with E-state index < -0.39 is 4.92 Å². The molecule has 7 nitrogen and oxygen atoms in total. The third-order valence-corrected chi connectivity index (χ3v) is 5.14. The highest BCUT2D eigenvalue weighted by molar-refractivity contribution is 8.00. The Labute approximate surface area is 158 Å². The van der Waals surface area contributed by atoms with Crippen LogP contribution in [0.25, 0.3) is 11.3 Å². The number of anilines is 1. The predicted molar refractivity (Wildman–Crippen MR) is 103 cm³/mol. The lowest BCUT2D eigenvalue weighted by molar-refractivity contribution is -0.385. The molecular formula is C17H15N3O4S2. The average Bonchev–Trinajstić information content (AvgIpc) is 3.15. The van der Waals surface area contributed by atoms with Gasteiger partial charge in [-0.05, 0) is 36.2 Å². The number of nitro groups is 1. The third kappa shape index (κ3) is 4.06. The molecule has 0 fully saturated rings. The molecule has 0 bridgehead atoms. The molecule has 0 aliphatic carbocycles. The lowest BCUT2D eigenvalue weighted by Crippen LogP contribution is -1.91. The summed E-state index contributed by atoms with van der Waals surface area (Å²) in [5.74, 6) is 1.30. The summed E-state index contributed by atoms with van der Waals surface area (Å²) in [5.41, 5.74) is 1.77. The number of rotatable bonds is 7. The smallest absolute Gasteiger partial charge is 0.270 e. The van der Waals surface area contributed by atoms with Crippen molar-refractivity contribution in [3.63, 3.8) is 0 Å². The zero-order chi connectivity index (χ0) is 18.5. The fraction of sp³-hybridized carbons (Fsp3) is 0.118. The van der Waals surface area contributed by atoms with Crippen LogP contribution in [0.3, 0.4) is 0 Å². The maximum absolute atomic E-state index is 10.8. The molecule has 1 heterocycles. The molecular weight excluding hydrogens is 374 g/mol. The van der Waals surface area contributed by atoms with Gasteiger partial charge in [-0.3, -0.25) is 10.1 Å². The molecule has 3 aromatic rings. The minimum absolute atomic E-state index is 0.0574. The number of ether oxygens (including phenoxy) is 2. The highest BCUT2D eigenvalue weighted by atomic mass is 32.2. The maximum atomic E-state index is 10.8. The van der Waals surface area contributed by atoms with Crippen LogP contribution in [0.15, 0.2) is 52.7 Å². The van der Waals surface area contributed by atoms with Crippen molar-refractivity contribution in [2.75, 3.05) is 18.9 Å².